The van der Waals surface area contributed by atoms with Crippen LogP contribution in [-0.2, 0) is 24.3 Å². The zero-order chi connectivity index (χ0) is 24.2. The number of likely N-dealkylation sites (N-methyl/N-ethyl adjacent to an activating group) is 1. The second kappa shape index (κ2) is 10.2. The van der Waals surface area contributed by atoms with Gasteiger partial charge in [0, 0.05) is 45.0 Å². The van der Waals surface area contributed by atoms with Crippen molar-refractivity contribution in [3.05, 3.63) is 48.3 Å². The lowest BCUT2D eigenvalue weighted by Crippen LogP contribution is -2.45. The van der Waals surface area contributed by atoms with Crippen molar-refractivity contribution in [2.24, 2.45) is 0 Å². The highest BCUT2D eigenvalue weighted by atomic mass is 32.2. The highest BCUT2D eigenvalue weighted by molar-refractivity contribution is 7.89. The first-order valence-electron chi connectivity index (χ1n) is 10.5. The zero-order valence-corrected chi connectivity index (χ0v) is 19.7. The van der Waals surface area contributed by atoms with Gasteiger partial charge < -0.3 is 19.5 Å². The second-order valence-electron chi connectivity index (χ2n) is 7.87. The highest BCUT2D eigenvalue weighted by Gasteiger charge is 2.29. The van der Waals surface area contributed by atoms with Crippen LogP contribution in [0.25, 0.3) is 0 Å². The van der Waals surface area contributed by atoms with Crippen LogP contribution >= 0.6 is 0 Å². The molecule has 0 atom stereocenters. The van der Waals surface area contributed by atoms with Crippen LogP contribution in [0.3, 0.4) is 0 Å². The maximum atomic E-state index is 12.8. The van der Waals surface area contributed by atoms with Crippen LogP contribution in [0.5, 0.6) is 0 Å². The lowest BCUT2D eigenvalue weighted by Gasteiger charge is -2.34. The van der Waals surface area contributed by atoms with Gasteiger partial charge in [-0.3, -0.25) is 9.59 Å². The molecule has 0 spiro atoms. The second-order valence-corrected chi connectivity index (χ2v) is 9.92. The predicted molar refractivity (Wildman–Crippen MR) is 121 cm³/mol. The van der Waals surface area contributed by atoms with E-state index in [1.165, 1.54) is 45.3 Å². The number of piperidine rings is 1. The Kier molecular flexibility index (Phi) is 7.54. The quantitative estimate of drug-likeness (QED) is 0.608. The van der Waals surface area contributed by atoms with E-state index >= 15 is 0 Å². The van der Waals surface area contributed by atoms with Crippen LogP contribution in [-0.4, -0.2) is 73.8 Å². The minimum Gasteiger partial charge on any atom is -0.464 e. The van der Waals surface area contributed by atoms with Crippen molar-refractivity contribution in [3.8, 4) is 0 Å². The van der Waals surface area contributed by atoms with Gasteiger partial charge in [-0.25, -0.2) is 13.2 Å². The fraction of sp³-hybridized carbons (Fsp3) is 0.409. The molecule has 33 heavy (non-hydrogen) atoms. The maximum absolute atomic E-state index is 12.8. The number of nitrogens with one attached hydrogen (secondary N) is 1. The third-order valence-electron chi connectivity index (χ3n) is 5.62. The number of hydrogen-bond donors (Lipinski definition) is 1. The van der Waals surface area contributed by atoms with Gasteiger partial charge >= 0.3 is 5.97 Å². The van der Waals surface area contributed by atoms with Gasteiger partial charge in [0.15, 0.2) is 0 Å². The Hall–Kier alpha value is -3.18. The number of carbonyl (C=O) groups is 3. The largest absolute Gasteiger partial charge is 0.464 e. The molecule has 2 heterocycles. The number of aromatic nitrogens is 1. The van der Waals surface area contributed by atoms with Gasteiger partial charge in [0.1, 0.15) is 5.69 Å². The molecule has 0 saturated carbocycles. The Morgan fingerprint density at radius 3 is 2.33 bits per heavy atom. The summed E-state index contributed by atoms with van der Waals surface area (Å²) >= 11 is 0. The van der Waals surface area contributed by atoms with E-state index in [-0.39, 0.29) is 29.3 Å². The zero-order valence-electron chi connectivity index (χ0n) is 18.9. The monoisotopic (exact) mass is 476 g/mol. The lowest BCUT2D eigenvalue weighted by atomic mass is 10.0. The fourth-order valence-electron chi connectivity index (χ4n) is 3.85. The molecule has 3 rings (SSSR count). The van der Waals surface area contributed by atoms with E-state index in [0.29, 0.717) is 37.3 Å². The molecule has 1 fully saturated rings. The minimum atomic E-state index is -3.86. The van der Waals surface area contributed by atoms with E-state index in [0.717, 1.165) is 4.31 Å². The number of anilines is 1. The molecular weight excluding hydrogens is 448 g/mol. The molecule has 1 aliphatic rings. The van der Waals surface area contributed by atoms with Crippen molar-refractivity contribution >= 4 is 33.5 Å². The van der Waals surface area contributed by atoms with E-state index in [1.54, 1.807) is 17.0 Å². The summed E-state index contributed by atoms with van der Waals surface area (Å²) < 4.78 is 33.4. The van der Waals surface area contributed by atoms with Crippen LogP contribution in [0.4, 0.5) is 5.69 Å². The fourth-order valence-corrected chi connectivity index (χ4v) is 4.97. The molecule has 1 aromatic heterocycles. The standard InChI is InChI=1S/C22H28N4O6S/c1-16(27)23-17-6-8-19(9-7-17)33(30,31)24(2)15-21(28)25-13-10-18(11-14-25)26-12-4-5-20(26)22(29)32-3/h4-9,12,18H,10-11,13-15H2,1-3H3,(H,23,27). The number of ether oxygens (including phenoxy) is 1. The molecular formula is C22H28N4O6S. The molecule has 0 aliphatic carbocycles. The average molecular weight is 477 g/mol. The van der Waals surface area contributed by atoms with Crippen LogP contribution in [0.2, 0.25) is 0 Å². The van der Waals surface area contributed by atoms with Gasteiger partial charge in [0.2, 0.25) is 21.8 Å². The highest BCUT2D eigenvalue weighted by Crippen LogP contribution is 2.25. The Bertz CT molecular complexity index is 1120. The van der Waals surface area contributed by atoms with E-state index in [2.05, 4.69) is 5.32 Å². The third-order valence-corrected chi connectivity index (χ3v) is 7.44. The molecule has 1 saturated heterocycles. The molecule has 1 aliphatic heterocycles. The van der Waals surface area contributed by atoms with Gasteiger partial charge in [-0.15, -0.1) is 0 Å². The van der Waals surface area contributed by atoms with E-state index in [4.69, 9.17) is 4.74 Å². The van der Waals surface area contributed by atoms with Crippen LogP contribution in [0.1, 0.15) is 36.3 Å². The number of esters is 1. The minimum absolute atomic E-state index is 0.0357. The molecule has 178 valence electrons. The molecule has 0 radical (unpaired) electrons. The summed E-state index contributed by atoms with van der Waals surface area (Å²) in [6.07, 6.45) is 3.11. The number of amides is 2. The number of methoxy groups -OCH3 is 1. The summed E-state index contributed by atoms with van der Waals surface area (Å²) in [7, 11) is -1.16. The van der Waals surface area contributed by atoms with Crippen molar-refractivity contribution in [1.29, 1.82) is 0 Å². The topological polar surface area (TPSA) is 118 Å². The Morgan fingerprint density at radius 2 is 1.76 bits per heavy atom. The predicted octanol–water partition coefficient (Wildman–Crippen LogP) is 1.72. The first-order valence-corrected chi connectivity index (χ1v) is 11.9. The molecule has 10 nitrogen and oxygen atoms in total. The van der Waals surface area contributed by atoms with Crippen LogP contribution in [0, 0.1) is 0 Å². The number of sulfonamides is 1. The van der Waals surface area contributed by atoms with Gasteiger partial charge in [0.05, 0.1) is 18.6 Å². The van der Waals surface area contributed by atoms with Crippen molar-refractivity contribution in [1.82, 2.24) is 13.8 Å². The van der Waals surface area contributed by atoms with Crippen molar-refractivity contribution in [3.63, 3.8) is 0 Å². The molecule has 0 bridgehead atoms. The summed E-state index contributed by atoms with van der Waals surface area (Å²) in [5.74, 6) is -0.944. The smallest absolute Gasteiger partial charge is 0.354 e. The summed E-state index contributed by atoms with van der Waals surface area (Å²) in [5, 5.41) is 2.58. The summed E-state index contributed by atoms with van der Waals surface area (Å²) in [4.78, 5) is 37.5. The first-order chi connectivity index (χ1) is 15.6. The number of likely N-dealkylation sites (tertiary alicyclic amines) is 1. The SMILES string of the molecule is COC(=O)c1cccn1C1CCN(C(=O)CN(C)S(=O)(=O)c2ccc(NC(C)=O)cc2)CC1. The number of carbonyl (C=O) groups excluding carboxylic acids is 3. The number of hydrogen-bond acceptors (Lipinski definition) is 6. The number of nitrogens with zero attached hydrogens (tertiary/aromatic N) is 3. The van der Waals surface area contributed by atoms with Gasteiger partial charge in [-0.2, -0.15) is 4.31 Å². The normalized spacial score (nSPS) is 14.8. The molecule has 1 aromatic carbocycles. The van der Waals surface area contributed by atoms with E-state index < -0.39 is 16.0 Å². The van der Waals surface area contributed by atoms with E-state index in [9.17, 15) is 22.8 Å². The van der Waals surface area contributed by atoms with E-state index in [1.807, 2.05) is 10.8 Å². The molecule has 2 amide bonds. The molecule has 2 aromatic rings. The van der Waals surface area contributed by atoms with Gasteiger partial charge in [0.25, 0.3) is 0 Å². The van der Waals surface area contributed by atoms with Gasteiger partial charge in [-0.1, -0.05) is 0 Å². The number of benzene rings is 1. The Balaban J connectivity index is 1.59. The van der Waals surface area contributed by atoms with Crippen LogP contribution in [0.15, 0.2) is 47.5 Å². The number of rotatable bonds is 7. The summed E-state index contributed by atoms with van der Waals surface area (Å²) in [6.45, 7) is 2.00. The molecule has 11 heteroatoms. The Labute approximate surface area is 193 Å². The third kappa shape index (κ3) is 5.60. The van der Waals surface area contributed by atoms with Crippen molar-refractivity contribution < 1.29 is 27.5 Å². The van der Waals surface area contributed by atoms with Crippen molar-refractivity contribution in [2.45, 2.75) is 30.7 Å². The average Bonchev–Trinajstić information content (AvgIpc) is 3.28. The summed E-state index contributed by atoms with van der Waals surface area (Å²) in [5.41, 5.74) is 0.957. The Morgan fingerprint density at radius 1 is 1.12 bits per heavy atom. The molecule has 1 N–H and O–H groups in total. The molecule has 0 unspecified atom stereocenters. The van der Waals surface area contributed by atoms with Crippen molar-refractivity contribution in [2.75, 3.05) is 39.1 Å². The van der Waals surface area contributed by atoms with Crippen LogP contribution < -0.4 is 5.32 Å². The maximum Gasteiger partial charge on any atom is 0.354 e. The van der Waals surface area contributed by atoms with Gasteiger partial charge in [-0.05, 0) is 49.2 Å². The summed E-state index contributed by atoms with van der Waals surface area (Å²) in [6, 6.07) is 9.32. The lowest BCUT2D eigenvalue weighted by molar-refractivity contribution is -0.132. The first kappa shape index (κ1) is 24.5.